The number of hydrogen-bond acceptors (Lipinski definition) is 3. The molecule has 1 fully saturated rings. The van der Waals surface area contributed by atoms with E-state index in [4.69, 9.17) is 21.4 Å². The SMILES string of the molecule is Cc1ccc(Cl)c(OC(CNC2CC2)C(=O)O)c1. The average molecular weight is 270 g/mol. The van der Waals surface area contributed by atoms with E-state index in [1.807, 2.05) is 13.0 Å². The van der Waals surface area contributed by atoms with Crippen LogP contribution in [-0.2, 0) is 4.79 Å². The molecular weight excluding hydrogens is 254 g/mol. The van der Waals surface area contributed by atoms with Crippen LogP contribution >= 0.6 is 11.6 Å². The lowest BCUT2D eigenvalue weighted by Crippen LogP contribution is -2.38. The molecule has 1 atom stereocenters. The Bertz CT molecular complexity index is 446. The van der Waals surface area contributed by atoms with E-state index in [0.29, 0.717) is 23.4 Å². The molecule has 1 aliphatic carbocycles. The summed E-state index contributed by atoms with van der Waals surface area (Å²) in [6.07, 6.45) is 1.31. The lowest BCUT2D eigenvalue weighted by molar-refractivity contribution is -0.144. The molecule has 0 saturated heterocycles. The van der Waals surface area contributed by atoms with E-state index in [1.165, 1.54) is 0 Å². The highest BCUT2D eigenvalue weighted by molar-refractivity contribution is 6.32. The number of aryl methyl sites for hydroxylation is 1. The highest BCUT2D eigenvalue weighted by Crippen LogP contribution is 2.26. The number of nitrogens with one attached hydrogen (secondary N) is 1. The number of carbonyl (C=O) groups is 1. The molecule has 0 heterocycles. The first-order chi connectivity index (χ1) is 8.56. The molecule has 0 aromatic heterocycles. The average Bonchev–Trinajstić information content (AvgIpc) is 3.12. The van der Waals surface area contributed by atoms with E-state index in [1.54, 1.807) is 12.1 Å². The van der Waals surface area contributed by atoms with E-state index >= 15 is 0 Å². The summed E-state index contributed by atoms with van der Waals surface area (Å²) in [6, 6.07) is 5.76. The molecule has 0 radical (unpaired) electrons. The Labute approximate surface area is 111 Å². The van der Waals surface area contributed by atoms with Gasteiger partial charge in [-0.15, -0.1) is 0 Å². The number of ether oxygens (including phenoxy) is 1. The Balaban J connectivity index is 2.01. The second-order valence-corrected chi connectivity index (χ2v) is 4.97. The first kappa shape index (κ1) is 13.2. The Morgan fingerprint density at radius 3 is 2.94 bits per heavy atom. The second kappa shape index (κ2) is 5.59. The lowest BCUT2D eigenvalue weighted by atomic mass is 10.2. The second-order valence-electron chi connectivity index (χ2n) is 4.56. The Hall–Kier alpha value is -1.26. The number of aliphatic carboxylic acids is 1. The molecular formula is C13H16ClNO3. The molecule has 0 aliphatic heterocycles. The maximum Gasteiger partial charge on any atom is 0.346 e. The zero-order valence-corrected chi connectivity index (χ0v) is 10.9. The molecule has 1 aliphatic rings. The fraction of sp³-hybridized carbons (Fsp3) is 0.462. The molecule has 2 rings (SSSR count). The Morgan fingerprint density at radius 1 is 1.61 bits per heavy atom. The van der Waals surface area contributed by atoms with Crippen molar-refractivity contribution in [2.75, 3.05) is 6.54 Å². The predicted molar refractivity (Wildman–Crippen MR) is 69.3 cm³/mol. The topological polar surface area (TPSA) is 58.6 Å². The first-order valence-corrected chi connectivity index (χ1v) is 6.33. The Kier molecular flexibility index (Phi) is 4.09. The van der Waals surface area contributed by atoms with E-state index < -0.39 is 12.1 Å². The molecule has 1 unspecified atom stereocenters. The number of benzene rings is 1. The predicted octanol–water partition coefficient (Wildman–Crippen LogP) is 2.23. The Morgan fingerprint density at radius 2 is 2.33 bits per heavy atom. The molecule has 98 valence electrons. The molecule has 5 heteroatoms. The molecule has 0 spiro atoms. The van der Waals surface area contributed by atoms with Gasteiger partial charge in [-0.2, -0.15) is 0 Å². The highest BCUT2D eigenvalue weighted by Gasteiger charge is 2.26. The molecule has 18 heavy (non-hydrogen) atoms. The third-order valence-corrected chi connectivity index (χ3v) is 3.11. The minimum Gasteiger partial charge on any atom is -0.478 e. The lowest BCUT2D eigenvalue weighted by Gasteiger charge is -2.17. The van der Waals surface area contributed by atoms with Crippen LogP contribution in [0.4, 0.5) is 0 Å². The van der Waals surface area contributed by atoms with Gasteiger partial charge in [0.15, 0.2) is 0 Å². The number of rotatable bonds is 6. The van der Waals surface area contributed by atoms with Crippen LogP contribution in [0, 0.1) is 6.92 Å². The third-order valence-electron chi connectivity index (χ3n) is 2.80. The first-order valence-electron chi connectivity index (χ1n) is 5.95. The number of hydrogen-bond donors (Lipinski definition) is 2. The number of carboxylic acids is 1. The molecule has 2 N–H and O–H groups in total. The van der Waals surface area contributed by atoms with Crippen molar-refractivity contribution in [2.45, 2.75) is 31.9 Å². The van der Waals surface area contributed by atoms with Crippen molar-refractivity contribution >= 4 is 17.6 Å². The molecule has 1 aromatic rings. The molecule has 0 amide bonds. The maximum absolute atomic E-state index is 11.1. The molecule has 1 saturated carbocycles. The van der Waals surface area contributed by atoms with Gasteiger partial charge in [-0.1, -0.05) is 17.7 Å². The van der Waals surface area contributed by atoms with Crippen LogP contribution in [-0.4, -0.2) is 29.8 Å². The quantitative estimate of drug-likeness (QED) is 0.831. The smallest absolute Gasteiger partial charge is 0.346 e. The third kappa shape index (κ3) is 3.62. The summed E-state index contributed by atoms with van der Waals surface area (Å²) in [7, 11) is 0. The number of halogens is 1. The van der Waals surface area contributed by atoms with Crippen LogP contribution in [0.25, 0.3) is 0 Å². The van der Waals surface area contributed by atoms with Gasteiger partial charge in [-0.25, -0.2) is 4.79 Å². The van der Waals surface area contributed by atoms with E-state index in [-0.39, 0.29) is 0 Å². The van der Waals surface area contributed by atoms with Crippen molar-refractivity contribution in [3.63, 3.8) is 0 Å². The van der Waals surface area contributed by atoms with Gasteiger partial charge in [-0.3, -0.25) is 0 Å². The van der Waals surface area contributed by atoms with E-state index in [9.17, 15) is 4.79 Å². The van der Waals surface area contributed by atoms with Gasteiger partial charge in [0.25, 0.3) is 0 Å². The summed E-state index contributed by atoms with van der Waals surface area (Å²) in [4.78, 5) is 11.1. The standard InChI is InChI=1S/C13H16ClNO3/c1-8-2-5-10(14)11(6-8)18-12(13(16)17)7-15-9-3-4-9/h2,5-6,9,12,15H,3-4,7H2,1H3,(H,16,17). The summed E-state index contributed by atoms with van der Waals surface area (Å²) in [5, 5.41) is 12.7. The zero-order chi connectivity index (χ0) is 13.1. The monoisotopic (exact) mass is 269 g/mol. The van der Waals surface area contributed by atoms with Crippen molar-refractivity contribution in [1.29, 1.82) is 0 Å². The summed E-state index contributed by atoms with van der Waals surface area (Å²) >= 11 is 5.98. The van der Waals surface area contributed by atoms with Gasteiger partial charge in [0, 0.05) is 12.6 Å². The van der Waals surface area contributed by atoms with E-state index in [0.717, 1.165) is 18.4 Å². The van der Waals surface area contributed by atoms with Crippen molar-refractivity contribution < 1.29 is 14.6 Å². The number of carboxylic acid groups (broad SMARTS) is 1. The van der Waals surface area contributed by atoms with Gasteiger partial charge < -0.3 is 15.2 Å². The van der Waals surface area contributed by atoms with E-state index in [2.05, 4.69) is 5.32 Å². The van der Waals surface area contributed by atoms with Gasteiger partial charge in [0.05, 0.1) is 5.02 Å². The van der Waals surface area contributed by atoms with Gasteiger partial charge >= 0.3 is 5.97 Å². The summed E-state index contributed by atoms with van der Waals surface area (Å²) < 4.78 is 5.47. The van der Waals surface area contributed by atoms with Crippen LogP contribution < -0.4 is 10.1 Å². The van der Waals surface area contributed by atoms with Gasteiger partial charge in [0.2, 0.25) is 6.10 Å². The fourth-order valence-corrected chi connectivity index (χ4v) is 1.76. The summed E-state index contributed by atoms with van der Waals surface area (Å²) in [5.74, 6) is -0.567. The highest BCUT2D eigenvalue weighted by atomic mass is 35.5. The minimum absolute atomic E-state index is 0.296. The largest absolute Gasteiger partial charge is 0.478 e. The molecule has 1 aromatic carbocycles. The van der Waals surface area contributed by atoms with Crippen molar-refractivity contribution in [1.82, 2.24) is 5.32 Å². The van der Waals surface area contributed by atoms with Gasteiger partial charge in [0.1, 0.15) is 5.75 Å². The molecule has 0 bridgehead atoms. The van der Waals surface area contributed by atoms with Crippen LogP contribution in [0.15, 0.2) is 18.2 Å². The minimum atomic E-state index is -0.985. The fourth-order valence-electron chi connectivity index (χ4n) is 1.59. The van der Waals surface area contributed by atoms with Crippen molar-refractivity contribution in [2.24, 2.45) is 0 Å². The maximum atomic E-state index is 11.1. The van der Waals surface area contributed by atoms with Crippen LogP contribution in [0.1, 0.15) is 18.4 Å². The zero-order valence-electron chi connectivity index (χ0n) is 10.1. The summed E-state index contributed by atoms with van der Waals surface area (Å²) in [6.45, 7) is 2.20. The summed E-state index contributed by atoms with van der Waals surface area (Å²) in [5.41, 5.74) is 0.980. The molecule has 4 nitrogen and oxygen atoms in total. The van der Waals surface area contributed by atoms with Crippen molar-refractivity contribution in [3.8, 4) is 5.75 Å². The van der Waals surface area contributed by atoms with Crippen LogP contribution in [0.3, 0.4) is 0 Å². The van der Waals surface area contributed by atoms with Crippen molar-refractivity contribution in [3.05, 3.63) is 28.8 Å². The van der Waals surface area contributed by atoms with Crippen LogP contribution in [0.5, 0.6) is 5.75 Å². The van der Waals surface area contributed by atoms with Crippen LogP contribution in [0.2, 0.25) is 5.02 Å². The normalized spacial score (nSPS) is 16.3. The van der Waals surface area contributed by atoms with Gasteiger partial charge in [-0.05, 0) is 37.5 Å².